The highest BCUT2D eigenvalue weighted by Gasteiger charge is 2.16. The van der Waals surface area contributed by atoms with E-state index in [2.05, 4.69) is 24.3 Å². The van der Waals surface area contributed by atoms with Crippen LogP contribution >= 0.6 is 0 Å². The van der Waals surface area contributed by atoms with Crippen molar-refractivity contribution in [3.8, 4) is 0 Å². The van der Waals surface area contributed by atoms with Crippen molar-refractivity contribution in [3.63, 3.8) is 0 Å². The van der Waals surface area contributed by atoms with Crippen LogP contribution in [0.4, 0.5) is 5.69 Å². The van der Waals surface area contributed by atoms with Crippen molar-refractivity contribution in [2.75, 3.05) is 5.32 Å². The van der Waals surface area contributed by atoms with Crippen LogP contribution in [0.3, 0.4) is 0 Å². The van der Waals surface area contributed by atoms with Crippen LogP contribution in [0.15, 0.2) is 22.8 Å². The van der Waals surface area contributed by atoms with E-state index in [0.29, 0.717) is 0 Å². The Kier molecular flexibility index (Phi) is 3.22. The van der Waals surface area contributed by atoms with Gasteiger partial charge in [0, 0.05) is 7.05 Å². The number of nitrogens with one attached hydrogen (secondary N) is 1. The van der Waals surface area contributed by atoms with Gasteiger partial charge in [-0.3, -0.25) is 4.68 Å². The van der Waals surface area contributed by atoms with Gasteiger partial charge in [-0.1, -0.05) is 6.92 Å². The molecule has 0 spiro atoms. The molecule has 2 rings (SSSR count). The molecule has 0 saturated carbocycles. The van der Waals surface area contributed by atoms with Crippen LogP contribution in [0.5, 0.6) is 0 Å². The molecule has 92 valence electrons. The van der Waals surface area contributed by atoms with Crippen LogP contribution in [-0.4, -0.2) is 9.78 Å². The average Bonchev–Trinajstić information content (AvgIpc) is 2.89. The molecule has 0 saturated heterocycles. The molecule has 17 heavy (non-hydrogen) atoms. The fourth-order valence-corrected chi connectivity index (χ4v) is 2.02. The Morgan fingerprint density at radius 1 is 1.47 bits per heavy atom. The average molecular weight is 233 g/mol. The Bertz CT molecular complexity index is 485. The summed E-state index contributed by atoms with van der Waals surface area (Å²) < 4.78 is 7.35. The molecular weight excluding hydrogens is 214 g/mol. The quantitative estimate of drug-likeness (QED) is 0.881. The standard InChI is InChI=1S/C13H19N3O/c1-5-11(12-7-6-8-17-12)14-13-9(2)15-16(4)10(13)3/h6-8,11,14H,5H2,1-4H3. The third-order valence-electron chi connectivity index (χ3n) is 3.12. The van der Waals surface area contributed by atoms with Crippen LogP contribution in [0.25, 0.3) is 0 Å². The molecule has 0 amide bonds. The maximum atomic E-state index is 5.46. The maximum absolute atomic E-state index is 5.46. The van der Waals surface area contributed by atoms with E-state index in [1.165, 1.54) is 0 Å². The molecule has 0 aliphatic heterocycles. The van der Waals surface area contributed by atoms with E-state index in [1.807, 2.05) is 30.8 Å². The Balaban J connectivity index is 2.24. The van der Waals surface area contributed by atoms with Crippen molar-refractivity contribution in [2.24, 2.45) is 7.05 Å². The Labute approximate surface area is 102 Å². The van der Waals surface area contributed by atoms with Crippen molar-refractivity contribution in [1.82, 2.24) is 9.78 Å². The third kappa shape index (κ3) is 2.20. The SMILES string of the molecule is CCC(Nc1c(C)nn(C)c1C)c1ccco1. The Morgan fingerprint density at radius 2 is 2.24 bits per heavy atom. The second-order valence-electron chi connectivity index (χ2n) is 4.29. The van der Waals surface area contributed by atoms with Gasteiger partial charge in [0.1, 0.15) is 5.76 Å². The van der Waals surface area contributed by atoms with Crippen molar-refractivity contribution < 1.29 is 4.42 Å². The summed E-state index contributed by atoms with van der Waals surface area (Å²) in [5.41, 5.74) is 3.28. The summed E-state index contributed by atoms with van der Waals surface area (Å²) in [6.45, 7) is 6.22. The zero-order valence-electron chi connectivity index (χ0n) is 10.8. The first-order valence-electron chi connectivity index (χ1n) is 5.93. The van der Waals surface area contributed by atoms with Crippen LogP contribution in [0.1, 0.15) is 36.5 Å². The molecule has 0 bridgehead atoms. The molecule has 4 nitrogen and oxygen atoms in total. The van der Waals surface area contributed by atoms with Gasteiger partial charge in [-0.25, -0.2) is 0 Å². The normalized spacial score (nSPS) is 12.7. The summed E-state index contributed by atoms with van der Waals surface area (Å²) in [6.07, 6.45) is 2.68. The van der Waals surface area contributed by atoms with Gasteiger partial charge < -0.3 is 9.73 Å². The lowest BCUT2D eigenvalue weighted by molar-refractivity contribution is 0.473. The van der Waals surface area contributed by atoms with Crippen LogP contribution < -0.4 is 5.32 Å². The van der Waals surface area contributed by atoms with Crippen molar-refractivity contribution in [2.45, 2.75) is 33.2 Å². The summed E-state index contributed by atoms with van der Waals surface area (Å²) in [7, 11) is 1.96. The fourth-order valence-electron chi connectivity index (χ4n) is 2.02. The Hall–Kier alpha value is -1.71. The van der Waals surface area contributed by atoms with Gasteiger partial charge in [0.2, 0.25) is 0 Å². The zero-order chi connectivity index (χ0) is 12.4. The molecule has 0 aliphatic rings. The highest BCUT2D eigenvalue weighted by molar-refractivity contribution is 5.53. The first-order chi connectivity index (χ1) is 8.13. The molecule has 1 atom stereocenters. The second kappa shape index (κ2) is 4.65. The van der Waals surface area contributed by atoms with Crippen molar-refractivity contribution in [1.29, 1.82) is 0 Å². The summed E-state index contributed by atoms with van der Waals surface area (Å²) in [6, 6.07) is 4.12. The molecule has 2 aromatic heterocycles. The molecule has 0 aromatic carbocycles. The van der Waals surface area contributed by atoms with E-state index in [9.17, 15) is 0 Å². The molecule has 2 aromatic rings. The van der Waals surface area contributed by atoms with Gasteiger partial charge in [-0.05, 0) is 32.4 Å². The molecule has 2 heterocycles. The highest BCUT2D eigenvalue weighted by atomic mass is 16.3. The van der Waals surface area contributed by atoms with E-state index >= 15 is 0 Å². The topological polar surface area (TPSA) is 43.0 Å². The van der Waals surface area contributed by atoms with Crippen molar-refractivity contribution >= 4 is 5.69 Å². The largest absolute Gasteiger partial charge is 0.467 e. The minimum Gasteiger partial charge on any atom is -0.467 e. The van der Waals surface area contributed by atoms with E-state index in [-0.39, 0.29) is 6.04 Å². The predicted molar refractivity (Wildman–Crippen MR) is 68.0 cm³/mol. The molecule has 0 fully saturated rings. The third-order valence-corrected chi connectivity index (χ3v) is 3.12. The number of hydrogen-bond donors (Lipinski definition) is 1. The number of anilines is 1. The summed E-state index contributed by atoms with van der Waals surface area (Å²) in [5, 5.41) is 7.91. The monoisotopic (exact) mass is 233 g/mol. The lowest BCUT2D eigenvalue weighted by atomic mass is 10.1. The number of furan rings is 1. The molecule has 0 radical (unpaired) electrons. The number of aromatic nitrogens is 2. The molecule has 4 heteroatoms. The summed E-state index contributed by atoms with van der Waals surface area (Å²) >= 11 is 0. The number of rotatable bonds is 4. The molecule has 1 N–H and O–H groups in total. The van der Waals surface area contributed by atoms with Gasteiger partial charge in [-0.15, -0.1) is 0 Å². The smallest absolute Gasteiger partial charge is 0.125 e. The molecule has 0 aliphatic carbocycles. The van der Waals surface area contributed by atoms with E-state index < -0.39 is 0 Å². The first-order valence-corrected chi connectivity index (χ1v) is 5.93. The van der Waals surface area contributed by atoms with Crippen LogP contribution in [0, 0.1) is 13.8 Å². The highest BCUT2D eigenvalue weighted by Crippen LogP contribution is 2.26. The maximum Gasteiger partial charge on any atom is 0.125 e. The number of aryl methyl sites for hydroxylation is 2. The van der Waals surface area contributed by atoms with Gasteiger partial charge in [0.15, 0.2) is 0 Å². The van der Waals surface area contributed by atoms with Crippen LogP contribution in [0.2, 0.25) is 0 Å². The minimum atomic E-state index is 0.201. The van der Waals surface area contributed by atoms with E-state index in [1.54, 1.807) is 6.26 Å². The van der Waals surface area contributed by atoms with Gasteiger partial charge in [0.25, 0.3) is 0 Å². The molecule has 1 unspecified atom stereocenters. The predicted octanol–water partition coefficient (Wildman–Crippen LogP) is 3.19. The number of nitrogens with zero attached hydrogens (tertiary/aromatic N) is 2. The minimum absolute atomic E-state index is 0.201. The van der Waals surface area contributed by atoms with Crippen LogP contribution in [-0.2, 0) is 7.05 Å². The summed E-state index contributed by atoms with van der Waals surface area (Å²) in [4.78, 5) is 0. The number of hydrogen-bond acceptors (Lipinski definition) is 3. The van der Waals surface area contributed by atoms with Gasteiger partial charge in [-0.2, -0.15) is 5.10 Å². The van der Waals surface area contributed by atoms with E-state index in [0.717, 1.165) is 29.3 Å². The lowest BCUT2D eigenvalue weighted by Crippen LogP contribution is -2.10. The first kappa shape index (κ1) is 11.8. The van der Waals surface area contributed by atoms with Gasteiger partial charge in [0.05, 0.1) is 29.4 Å². The second-order valence-corrected chi connectivity index (χ2v) is 4.29. The van der Waals surface area contributed by atoms with E-state index in [4.69, 9.17) is 4.42 Å². The summed E-state index contributed by atoms with van der Waals surface area (Å²) in [5.74, 6) is 0.968. The van der Waals surface area contributed by atoms with Crippen molar-refractivity contribution in [3.05, 3.63) is 35.5 Å². The van der Waals surface area contributed by atoms with Gasteiger partial charge >= 0.3 is 0 Å². The Morgan fingerprint density at radius 3 is 2.71 bits per heavy atom. The molecular formula is C13H19N3O. The fraction of sp³-hybridized carbons (Fsp3) is 0.462. The lowest BCUT2D eigenvalue weighted by Gasteiger charge is -2.16. The zero-order valence-corrected chi connectivity index (χ0v) is 10.8.